The molecule has 1 aliphatic heterocycles. The summed E-state index contributed by atoms with van der Waals surface area (Å²) in [5, 5.41) is 0. The molecule has 1 aliphatic rings. The minimum Gasteiger partial charge on any atom is -0.381 e. The van der Waals surface area contributed by atoms with Crippen molar-refractivity contribution in [3.63, 3.8) is 0 Å². The Labute approximate surface area is 102 Å². The molecule has 1 aromatic rings. The predicted octanol–water partition coefficient (Wildman–Crippen LogP) is 1.86. The van der Waals surface area contributed by atoms with Crippen LogP contribution in [0.25, 0.3) is 0 Å². The highest BCUT2D eigenvalue weighted by atomic mass is 16.5. The lowest BCUT2D eigenvalue weighted by molar-refractivity contribution is -0.130. The lowest BCUT2D eigenvalue weighted by Gasteiger charge is -2.30. The molecule has 92 valence electrons. The van der Waals surface area contributed by atoms with Gasteiger partial charge in [-0.15, -0.1) is 0 Å². The summed E-state index contributed by atoms with van der Waals surface area (Å²) < 4.78 is 5.28. The van der Waals surface area contributed by atoms with Crippen LogP contribution in [0.3, 0.4) is 0 Å². The summed E-state index contributed by atoms with van der Waals surface area (Å²) in [4.78, 5) is 12.4. The molecule has 0 amide bonds. The smallest absolute Gasteiger partial charge is 0.160 e. The maximum absolute atomic E-state index is 12.4. The normalized spacial score (nSPS) is 20.8. The van der Waals surface area contributed by atoms with E-state index in [-0.39, 0.29) is 11.7 Å². The Bertz CT molecular complexity index is 380. The minimum atomic E-state index is -0.886. The summed E-state index contributed by atoms with van der Waals surface area (Å²) >= 11 is 0. The van der Waals surface area contributed by atoms with Crippen molar-refractivity contribution >= 4 is 5.78 Å². The third kappa shape index (κ3) is 2.56. The van der Waals surface area contributed by atoms with Gasteiger partial charge in [-0.2, -0.15) is 0 Å². The fraction of sp³-hybridized carbons (Fsp3) is 0.500. The van der Waals surface area contributed by atoms with Crippen LogP contribution in [0.1, 0.15) is 25.3 Å². The van der Waals surface area contributed by atoms with Crippen molar-refractivity contribution in [3.05, 3.63) is 35.9 Å². The highest BCUT2D eigenvalue weighted by Crippen LogP contribution is 2.27. The lowest BCUT2D eigenvalue weighted by Crippen LogP contribution is -2.46. The highest BCUT2D eigenvalue weighted by Gasteiger charge is 2.36. The predicted molar refractivity (Wildman–Crippen MR) is 66.5 cm³/mol. The number of hydrogen-bond donors (Lipinski definition) is 1. The monoisotopic (exact) mass is 233 g/mol. The summed E-state index contributed by atoms with van der Waals surface area (Å²) in [6.07, 6.45) is 1.58. The second-order valence-electron chi connectivity index (χ2n) is 4.82. The molecular formula is C14H19NO2. The summed E-state index contributed by atoms with van der Waals surface area (Å²) in [7, 11) is 0. The molecule has 0 aliphatic carbocycles. The van der Waals surface area contributed by atoms with E-state index in [1.807, 2.05) is 30.3 Å². The first-order valence-corrected chi connectivity index (χ1v) is 6.09. The second-order valence-corrected chi connectivity index (χ2v) is 4.82. The van der Waals surface area contributed by atoms with E-state index in [0.717, 1.165) is 18.4 Å². The van der Waals surface area contributed by atoms with Gasteiger partial charge in [0.15, 0.2) is 5.78 Å². The van der Waals surface area contributed by atoms with Crippen LogP contribution in [-0.2, 0) is 15.1 Å². The Morgan fingerprint density at radius 3 is 2.47 bits per heavy atom. The highest BCUT2D eigenvalue weighted by molar-refractivity contribution is 5.91. The minimum absolute atomic E-state index is 0.0407. The fourth-order valence-corrected chi connectivity index (χ4v) is 2.31. The first-order valence-electron chi connectivity index (χ1n) is 6.09. The summed E-state index contributed by atoms with van der Waals surface area (Å²) in [6, 6.07) is 9.59. The molecule has 3 heteroatoms. The first kappa shape index (κ1) is 12.3. The number of hydrogen-bond acceptors (Lipinski definition) is 3. The third-order valence-corrected chi connectivity index (χ3v) is 3.48. The van der Waals surface area contributed by atoms with Gasteiger partial charge in [0.1, 0.15) is 0 Å². The fourth-order valence-electron chi connectivity index (χ4n) is 2.31. The number of ether oxygens (including phenoxy) is 1. The number of rotatable bonds is 3. The van der Waals surface area contributed by atoms with Gasteiger partial charge in [0.25, 0.3) is 0 Å². The van der Waals surface area contributed by atoms with Crippen LogP contribution in [-0.4, -0.2) is 19.0 Å². The van der Waals surface area contributed by atoms with Crippen LogP contribution in [0.5, 0.6) is 0 Å². The molecule has 1 aromatic carbocycles. The largest absolute Gasteiger partial charge is 0.381 e. The number of carbonyl (C=O) groups excluding carboxylic acids is 1. The lowest BCUT2D eigenvalue weighted by atomic mass is 9.79. The van der Waals surface area contributed by atoms with E-state index in [4.69, 9.17) is 10.5 Å². The topological polar surface area (TPSA) is 52.3 Å². The van der Waals surface area contributed by atoms with Gasteiger partial charge in [0.05, 0.1) is 5.54 Å². The molecule has 3 nitrogen and oxygen atoms in total. The maximum Gasteiger partial charge on any atom is 0.160 e. The number of ketones is 1. The molecule has 17 heavy (non-hydrogen) atoms. The van der Waals surface area contributed by atoms with Crippen LogP contribution in [0.2, 0.25) is 0 Å². The van der Waals surface area contributed by atoms with Crippen molar-refractivity contribution in [2.24, 2.45) is 11.7 Å². The van der Waals surface area contributed by atoms with E-state index in [9.17, 15) is 4.79 Å². The van der Waals surface area contributed by atoms with E-state index in [2.05, 4.69) is 0 Å². The summed E-state index contributed by atoms with van der Waals surface area (Å²) in [5.74, 6) is 0.172. The molecule has 0 saturated carbocycles. The van der Waals surface area contributed by atoms with E-state index in [0.29, 0.717) is 13.2 Å². The molecule has 1 unspecified atom stereocenters. The van der Waals surface area contributed by atoms with Crippen molar-refractivity contribution in [3.8, 4) is 0 Å². The summed E-state index contributed by atoms with van der Waals surface area (Å²) in [6.45, 7) is 3.14. The SMILES string of the molecule is CC(N)(C(=O)C1CCOCC1)c1ccccc1. The standard InChI is InChI=1S/C14H19NO2/c1-14(15,12-5-3-2-4-6-12)13(16)11-7-9-17-10-8-11/h2-6,11H,7-10,15H2,1H3. The second kappa shape index (κ2) is 4.98. The molecule has 1 fully saturated rings. The van der Waals surface area contributed by atoms with Crippen molar-refractivity contribution in [1.29, 1.82) is 0 Å². The molecule has 0 bridgehead atoms. The molecule has 1 atom stereocenters. The Morgan fingerprint density at radius 1 is 1.29 bits per heavy atom. The molecule has 0 spiro atoms. The Hall–Kier alpha value is -1.19. The van der Waals surface area contributed by atoms with E-state index >= 15 is 0 Å². The maximum atomic E-state index is 12.4. The Morgan fingerprint density at radius 2 is 1.88 bits per heavy atom. The molecule has 1 saturated heterocycles. The van der Waals surface area contributed by atoms with Crippen LogP contribution in [0.15, 0.2) is 30.3 Å². The molecule has 1 heterocycles. The zero-order chi connectivity index (χ0) is 12.3. The summed E-state index contributed by atoms with van der Waals surface area (Å²) in [5.41, 5.74) is 6.22. The third-order valence-electron chi connectivity index (χ3n) is 3.48. The van der Waals surface area contributed by atoms with E-state index in [1.165, 1.54) is 0 Å². The average Bonchev–Trinajstić information content (AvgIpc) is 2.40. The van der Waals surface area contributed by atoms with Gasteiger partial charge in [-0.05, 0) is 25.3 Å². The van der Waals surface area contributed by atoms with Gasteiger partial charge < -0.3 is 10.5 Å². The van der Waals surface area contributed by atoms with Crippen LogP contribution in [0.4, 0.5) is 0 Å². The van der Waals surface area contributed by atoms with Gasteiger partial charge in [-0.3, -0.25) is 4.79 Å². The molecule has 0 aromatic heterocycles. The Kier molecular flexibility index (Phi) is 3.60. The van der Waals surface area contributed by atoms with Crippen LogP contribution >= 0.6 is 0 Å². The van der Waals surface area contributed by atoms with Gasteiger partial charge in [-0.25, -0.2) is 0 Å². The molecule has 2 rings (SSSR count). The van der Waals surface area contributed by atoms with Gasteiger partial charge in [0.2, 0.25) is 0 Å². The van der Waals surface area contributed by atoms with Gasteiger partial charge in [-0.1, -0.05) is 30.3 Å². The quantitative estimate of drug-likeness (QED) is 0.867. The average molecular weight is 233 g/mol. The molecular weight excluding hydrogens is 214 g/mol. The van der Waals surface area contributed by atoms with Crippen molar-refractivity contribution in [2.45, 2.75) is 25.3 Å². The van der Waals surface area contributed by atoms with Gasteiger partial charge in [0, 0.05) is 19.1 Å². The van der Waals surface area contributed by atoms with Crippen molar-refractivity contribution < 1.29 is 9.53 Å². The number of benzene rings is 1. The van der Waals surface area contributed by atoms with Crippen molar-refractivity contribution in [2.75, 3.05) is 13.2 Å². The van der Waals surface area contributed by atoms with Crippen molar-refractivity contribution in [1.82, 2.24) is 0 Å². The number of nitrogens with two attached hydrogens (primary N) is 1. The van der Waals surface area contributed by atoms with E-state index in [1.54, 1.807) is 6.92 Å². The molecule has 2 N–H and O–H groups in total. The number of Topliss-reactive ketones (excluding diaryl/α,β-unsaturated/α-hetero) is 1. The zero-order valence-electron chi connectivity index (χ0n) is 10.2. The number of carbonyl (C=O) groups is 1. The van der Waals surface area contributed by atoms with Crippen LogP contribution < -0.4 is 5.73 Å². The van der Waals surface area contributed by atoms with Crippen LogP contribution in [0, 0.1) is 5.92 Å². The zero-order valence-corrected chi connectivity index (χ0v) is 10.2. The molecule has 0 radical (unpaired) electrons. The Balaban J connectivity index is 2.17. The first-order chi connectivity index (χ1) is 8.12. The van der Waals surface area contributed by atoms with Gasteiger partial charge >= 0.3 is 0 Å². The van der Waals surface area contributed by atoms with E-state index < -0.39 is 5.54 Å².